The fraction of sp³-hybridized carbons (Fsp3) is 0.111. The number of para-hydroxylation sites is 1. The van der Waals surface area contributed by atoms with Crippen LogP contribution < -0.4 is 4.74 Å². The molecule has 0 radical (unpaired) electrons. The number of hydrogen-bond donors (Lipinski definition) is 0. The number of carbonyl (C=O) groups excluding carboxylic acids is 2. The first-order chi connectivity index (χ1) is 12.0. The predicted octanol–water partition coefficient (Wildman–Crippen LogP) is 5.11. The summed E-state index contributed by atoms with van der Waals surface area (Å²) in [6.45, 7) is 0.337. The Morgan fingerprint density at radius 1 is 1.04 bits per heavy atom. The summed E-state index contributed by atoms with van der Waals surface area (Å²) in [5.41, 5.74) is 0.808. The van der Waals surface area contributed by atoms with Gasteiger partial charge in [-0.2, -0.15) is 0 Å². The van der Waals surface area contributed by atoms with Crippen molar-refractivity contribution in [2.24, 2.45) is 0 Å². The standard InChI is InChI=1S/C18H13Cl2NO3S/c19-13-7-5-12(6-8-13)11-16-17(22)21(18(23)25-16)9-10-24-15-4-2-1-3-14(15)20/h1-8,11H,9-10H2/b16-11-. The highest BCUT2D eigenvalue weighted by Gasteiger charge is 2.34. The lowest BCUT2D eigenvalue weighted by Gasteiger charge is -2.13. The van der Waals surface area contributed by atoms with Crippen LogP contribution in [0.5, 0.6) is 5.75 Å². The minimum atomic E-state index is -0.326. The SMILES string of the molecule is O=C1S/C(=C\c2ccc(Cl)cc2)C(=O)N1CCOc1ccccc1Cl. The lowest BCUT2D eigenvalue weighted by molar-refractivity contribution is -0.123. The molecule has 2 amide bonds. The van der Waals surface area contributed by atoms with Gasteiger partial charge < -0.3 is 4.74 Å². The van der Waals surface area contributed by atoms with Gasteiger partial charge in [0, 0.05) is 5.02 Å². The number of nitrogens with zero attached hydrogens (tertiary/aromatic N) is 1. The van der Waals surface area contributed by atoms with E-state index in [2.05, 4.69) is 0 Å². The van der Waals surface area contributed by atoms with Gasteiger partial charge in [0.2, 0.25) is 0 Å². The summed E-state index contributed by atoms with van der Waals surface area (Å²) in [7, 11) is 0. The molecule has 0 N–H and O–H groups in total. The summed E-state index contributed by atoms with van der Waals surface area (Å²) < 4.78 is 5.54. The third-order valence-corrected chi connectivity index (χ3v) is 4.92. The van der Waals surface area contributed by atoms with Gasteiger partial charge in [-0.3, -0.25) is 14.5 Å². The molecule has 3 rings (SSSR count). The number of carbonyl (C=O) groups is 2. The molecule has 128 valence electrons. The lowest BCUT2D eigenvalue weighted by Crippen LogP contribution is -2.32. The van der Waals surface area contributed by atoms with Crippen molar-refractivity contribution in [3.63, 3.8) is 0 Å². The molecule has 1 saturated heterocycles. The van der Waals surface area contributed by atoms with Gasteiger partial charge in [0.25, 0.3) is 11.1 Å². The van der Waals surface area contributed by atoms with E-state index in [0.29, 0.717) is 20.7 Å². The smallest absolute Gasteiger partial charge is 0.293 e. The van der Waals surface area contributed by atoms with Crippen molar-refractivity contribution in [3.05, 3.63) is 69.0 Å². The Kier molecular flexibility index (Phi) is 5.68. The number of halogens is 2. The van der Waals surface area contributed by atoms with Crippen LogP contribution in [0.15, 0.2) is 53.4 Å². The summed E-state index contributed by atoms with van der Waals surface area (Å²) >= 11 is 12.8. The van der Waals surface area contributed by atoms with Crippen LogP contribution in [0.25, 0.3) is 6.08 Å². The Balaban J connectivity index is 1.63. The first-order valence-corrected chi connectivity index (χ1v) is 9.00. The normalized spacial score (nSPS) is 15.9. The van der Waals surface area contributed by atoms with Gasteiger partial charge in [-0.05, 0) is 47.7 Å². The van der Waals surface area contributed by atoms with E-state index in [4.69, 9.17) is 27.9 Å². The molecular weight excluding hydrogens is 381 g/mol. The number of amides is 2. The molecule has 0 aromatic heterocycles. The van der Waals surface area contributed by atoms with Crippen LogP contribution in [0.2, 0.25) is 10.0 Å². The van der Waals surface area contributed by atoms with E-state index in [0.717, 1.165) is 17.3 Å². The van der Waals surface area contributed by atoms with Crippen molar-refractivity contribution in [1.29, 1.82) is 0 Å². The molecule has 0 spiro atoms. The average Bonchev–Trinajstić information content (AvgIpc) is 2.86. The fourth-order valence-electron chi connectivity index (χ4n) is 2.21. The molecule has 0 aliphatic carbocycles. The number of ether oxygens (including phenoxy) is 1. The van der Waals surface area contributed by atoms with E-state index in [-0.39, 0.29) is 24.3 Å². The van der Waals surface area contributed by atoms with Crippen LogP contribution >= 0.6 is 35.0 Å². The monoisotopic (exact) mass is 393 g/mol. The van der Waals surface area contributed by atoms with Gasteiger partial charge in [-0.1, -0.05) is 47.5 Å². The second-order valence-corrected chi connectivity index (χ2v) is 7.00. The molecule has 25 heavy (non-hydrogen) atoms. The number of thioether (sulfide) groups is 1. The van der Waals surface area contributed by atoms with Crippen molar-refractivity contribution < 1.29 is 14.3 Å². The van der Waals surface area contributed by atoms with Crippen LogP contribution in [0.1, 0.15) is 5.56 Å². The van der Waals surface area contributed by atoms with E-state index in [1.165, 1.54) is 4.90 Å². The summed E-state index contributed by atoms with van der Waals surface area (Å²) in [6.07, 6.45) is 1.68. The van der Waals surface area contributed by atoms with Crippen molar-refractivity contribution >= 4 is 52.2 Å². The third kappa shape index (κ3) is 4.37. The van der Waals surface area contributed by atoms with E-state index >= 15 is 0 Å². The van der Waals surface area contributed by atoms with Gasteiger partial charge in [0.1, 0.15) is 12.4 Å². The van der Waals surface area contributed by atoms with Gasteiger partial charge in [0.05, 0.1) is 16.5 Å². The molecule has 2 aromatic carbocycles. The van der Waals surface area contributed by atoms with Crippen LogP contribution in [0, 0.1) is 0 Å². The molecule has 1 heterocycles. The summed E-state index contributed by atoms with van der Waals surface area (Å²) in [5, 5.41) is 0.786. The van der Waals surface area contributed by atoms with Gasteiger partial charge >= 0.3 is 0 Å². The van der Waals surface area contributed by atoms with Crippen molar-refractivity contribution in [2.75, 3.05) is 13.2 Å². The second-order valence-electron chi connectivity index (χ2n) is 5.16. The fourth-order valence-corrected chi connectivity index (χ4v) is 3.39. The quantitative estimate of drug-likeness (QED) is 0.662. The summed E-state index contributed by atoms with van der Waals surface area (Å²) in [5.74, 6) is 0.195. The highest BCUT2D eigenvalue weighted by Crippen LogP contribution is 2.32. The summed E-state index contributed by atoms with van der Waals surface area (Å²) in [6, 6.07) is 14.1. The molecule has 0 saturated carbocycles. The highest BCUT2D eigenvalue weighted by molar-refractivity contribution is 8.18. The van der Waals surface area contributed by atoms with Crippen LogP contribution in [0.4, 0.5) is 4.79 Å². The van der Waals surface area contributed by atoms with E-state index in [1.807, 2.05) is 0 Å². The maximum Gasteiger partial charge on any atom is 0.293 e. The average molecular weight is 394 g/mol. The second kappa shape index (κ2) is 7.95. The Morgan fingerprint density at radius 3 is 2.48 bits per heavy atom. The zero-order valence-corrected chi connectivity index (χ0v) is 15.3. The zero-order chi connectivity index (χ0) is 17.8. The maximum absolute atomic E-state index is 12.4. The molecule has 7 heteroatoms. The minimum Gasteiger partial charge on any atom is -0.490 e. The molecule has 0 unspecified atom stereocenters. The molecule has 0 bridgehead atoms. The first-order valence-electron chi connectivity index (χ1n) is 7.43. The summed E-state index contributed by atoms with van der Waals surface area (Å²) in [4.78, 5) is 26.0. The topological polar surface area (TPSA) is 46.6 Å². The van der Waals surface area contributed by atoms with Crippen molar-refractivity contribution in [2.45, 2.75) is 0 Å². The van der Waals surface area contributed by atoms with Gasteiger partial charge in [-0.25, -0.2) is 0 Å². The third-order valence-electron chi connectivity index (χ3n) is 3.45. The largest absolute Gasteiger partial charge is 0.490 e. The predicted molar refractivity (Wildman–Crippen MR) is 101 cm³/mol. The molecule has 1 aliphatic heterocycles. The number of hydrogen-bond acceptors (Lipinski definition) is 4. The number of rotatable bonds is 5. The Hall–Kier alpha value is -1.95. The van der Waals surface area contributed by atoms with E-state index in [9.17, 15) is 9.59 Å². The van der Waals surface area contributed by atoms with Gasteiger partial charge in [0.15, 0.2) is 0 Å². The number of benzene rings is 2. The molecule has 2 aromatic rings. The molecule has 0 atom stereocenters. The van der Waals surface area contributed by atoms with E-state index < -0.39 is 0 Å². The maximum atomic E-state index is 12.4. The van der Waals surface area contributed by atoms with Crippen molar-refractivity contribution in [1.82, 2.24) is 4.90 Å². The molecule has 4 nitrogen and oxygen atoms in total. The zero-order valence-electron chi connectivity index (χ0n) is 12.9. The molecular formula is C18H13Cl2NO3S. The lowest BCUT2D eigenvalue weighted by atomic mass is 10.2. The van der Waals surface area contributed by atoms with Crippen LogP contribution in [-0.4, -0.2) is 29.2 Å². The van der Waals surface area contributed by atoms with Crippen molar-refractivity contribution in [3.8, 4) is 5.75 Å². The Morgan fingerprint density at radius 2 is 1.76 bits per heavy atom. The van der Waals surface area contributed by atoms with Gasteiger partial charge in [-0.15, -0.1) is 0 Å². The number of imide groups is 1. The van der Waals surface area contributed by atoms with Crippen LogP contribution in [-0.2, 0) is 4.79 Å². The highest BCUT2D eigenvalue weighted by atomic mass is 35.5. The van der Waals surface area contributed by atoms with E-state index in [1.54, 1.807) is 54.6 Å². The molecule has 1 aliphatic rings. The van der Waals surface area contributed by atoms with Crippen LogP contribution in [0.3, 0.4) is 0 Å². The Bertz CT molecular complexity index is 836. The Labute approximate surface area is 159 Å². The minimum absolute atomic E-state index is 0.161. The first kappa shape index (κ1) is 17.9. The molecule has 1 fully saturated rings.